The molecule has 1 unspecified atom stereocenters. The van der Waals surface area contributed by atoms with E-state index in [4.69, 9.17) is 15.5 Å². The summed E-state index contributed by atoms with van der Waals surface area (Å²) < 4.78 is 0. The lowest BCUT2D eigenvalue weighted by molar-refractivity contribution is 0.582. The molecule has 0 bridgehead atoms. The molecule has 3 nitrogen and oxygen atoms in total. The molecular formula is C23H17N3. The molecule has 0 aromatic heterocycles. The molecule has 1 atom stereocenters. The van der Waals surface area contributed by atoms with Gasteiger partial charge in [0.05, 0.1) is 29.0 Å². The van der Waals surface area contributed by atoms with E-state index in [0.717, 1.165) is 41.8 Å². The fraction of sp³-hybridized carbons (Fsp3) is 0.174. The second-order valence-electron chi connectivity index (χ2n) is 6.73. The molecular weight excluding hydrogens is 318 g/mol. The Morgan fingerprint density at radius 2 is 1.73 bits per heavy atom. The largest absolute Gasteiger partial charge is 0.252 e. The first kappa shape index (κ1) is 16.1. The molecule has 26 heavy (non-hydrogen) atoms. The lowest BCUT2D eigenvalue weighted by atomic mass is 9.81. The second kappa shape index (κ2) is 6.47. The van der Waals surface area contributed by atoms with Crippen molar-refractivity contribution in [3.63, 3.8) is 0 Å². The minimum atomic E-state index is 0.378. The average molecular weight is 335 g/mol. The Labute approximate surface area is 153 Å². The maximum atomic E-state index is 9.13. The van der Waals surface area contributed by atoms with Gasteiger partial charge in [-0.3, -0.25) is 4.99 Å². The predicted octanol–water partition coefficient (Wildman–Crippen LogP) is 5.01. The van der Waals surface area contributed by atoms with Crippen molar-refractivity contribution in [3.05, 3.63) is 94.2 Å². The molecule has 0 saturated carbocycles. The summed E-state index contributed by atoms with van der Waals surface area (Å²) in [7, 11) is 0. The van der Waals surface area contributed by atoms with E-state index in [0.29, 0.717) is 17.0 Å². The van der Waals surface area contributed by atoms with Gasteiger partial charge in [-0.05, 0) is 66.2 Å². The van der Waals surface area contributed by atoms with Crippen molar-refractivity contribution in [2.45, 2.75) is 25.2 Å². The highest BCUT2D eigenvalue weighted by molar-refractivity contribution is 6.17. The molecule has 0 spiro atoms. The zero-order valence-corrected chi connectivity index (χ0v) is 14.4. The first-order chi connectivity index (χ1) is 12.7. The van der Waals surface area contributed by atoms with Gasteiger partial charge in [-0.15, -0.1) is 0 Å². The summed E-state index contributed by atoms with van der Waals surface area (Å²) in [5.41, 5.74) is 7.71. The van der Waals surface area contributed by atoms with Gasteiger partial charge in [0, 0.05) is 11.3 Å². The Hall–Kier alpha value is -3.43. The number of aliphatic imine (C=N–C) groups is 1. The number of hydrogen-bond acceptors (Lipinski definition) is 3. The summed E-state index contributed by atoms with van der Waals surface area (Å²) in [6, 6.07) is 19.8. The van der Waals surface area contributed by atoms with Gasteiger partial charge in [-0.1, -0.05) is 30.8 Å². The van der Waals surface area contributed by atoms with Crippen LogP contribution in [0.25, 0.3) is 0 Å². The van der Waals surface area contributed by atoms with Crippen molar-refractivity contribution in [2.24, 2.45) is 4.99 Å². The zero-order chi connectivity index (χ0) is 18.1. The molecule has 1 aliphatic carbocycles. The van der Waals surface area contributed by atoms with Crippen LogP contribution in [-0.4, -0.2) is 5.71 Å². The molecule has 2 aromatic carbocycles. The quantitative estimate of drug-likeness (QED) is 0.774. The van der Waals surface area contributed by atoms with Gasteiger partial charge in [0.15, 0.2) is 0 Å². The molecule has 0 saturated heterocycles. The SMILES string of the molecule is C=C1C(c2cccc(C#N)c2)=NC2=C1CCC(c1cccc(C#N)c1)C2. The number of nitrogens with zero attached hydrogens (tertiary/aromatic N) is 3. The van der Waals surface area contributed by atoms with Crippen LogP contribution in [0.5, 0.6) is 0 Å². The third-order valence-corrected chi connectivity index (χ3v) is 5.18. The molecule has 2 aliphatic rings. The molecule has 1 heterocycles. The van der Waals surface area contributed by atoms with Gasteiger partial charge >= 0.3 is 0 Å². The van der Waals surface area contributed by atoms with Gasteiger partial charge in [0.25, 0.3) is 0 Å². The van der Waals surface area contributed by atoms with Crippen LogP contribution in [0.15, 0.2) is 76.9 Å². The monoisotopic (exact) mass is 335 g/mol. The van der Waals surface area contributed by atoms with Gasteiger partial charge in [0.2, 0.25) is 0 Å². The topological polar surface area (TPSA) is 59.9 Å². The first-order valence-electron chi connectivity index (χ1n) is 8.70. The second-order valence-corrected chi connectivity index (χ2v) is 6.73. The molecule has 0 fully saturated rings. The fourth-order valence-corrected chi connectivity index (χ4v) is 3.83. The van der Waals surface area contributed by atoms with E-state index in [2.05, 4.69) is 24.8 Å². The lowest BCUT2D eigenvalue weighted by Gasteiger charge is -2.23. The molecule has 2 aromatic rings. The Morgan fingerprint density at radius 3 is 2.50 bits per heavy atom. The summed E-state index contributed by atoms with van der Waals surface area (Å²) in [4.78, 5) is 4.88. The number of hydrogen-bond donors (Lipinski definition) is 0. The summed E-state index contributed by atoms with van der Waals surface area (Å²) >= 11 is 0. The fourth-order valence-electron chi connectivity index (χ4n) is 3.83. The van der Waals surface area contributed by atoms with E-state index in [-0.39, 0.29) is 0 Å². The smallest absolute Gasteiger partial charge is 0.0991 e. The number of rotatable bonds is 2. The van der Waals surface area contributed by atoms with Crippen LogP contribution in [0.4, 0.5) is 0 Å². The third kappa shape index (κ3) is 2.75. The van der Waals surface area contributed by atoms with E-state index >= 15 is 0 Å². The van der Waals surface area contributed by atoms with Crippen molar-refractivity contribution in [3.8, 4) is 12.1 Å². The van der Waals surface area contributed by atoms with E-state index in [9.17, 15) is 0 Å². The molecule has 4 rings (SSSR count). The number of nitriles is 2. The van der Waals surface area contributed by atoms with E-state index in [1.807, 2.05) is 36.4 Å². The van der Waals surface area contributed by atoms with Crippen molar-refractivity contribution in [2.75, 3.05) is 0 Å². The van der Waals surface area contributed by atoms with E-state index < -0.39 is 0 Å². The molecule has 0 N–H and O–H groups in total. The summed E-state index contributed by atoms with van der Waals surface area (Å²) in [6.45, 7) is 4.26. The Bertz CT molecular complexity index is 1060. The number of allylic oxidation sites excluding steroid dienone is 3. The minimum Gasteiger partial charge on any atom is -0.252 e. The zero-order valence-electron chi connectivity index (χ0n) is 14.4. The van der Waals surface area contributed by atoms with Crippen molar-refractivity contribution in [1.29, 1.82) is 10.5 Å². The molecule has 0 amide bonds. The van der Waals surface area contributed by atoms with Crippen LogP contribution in [0.2, 0.25) is 0 Å². The molecule has 124 valence electrons. The maximum absolute atomic E-state index is 9.13. The molecule has 1 aliphatic heterocycles. The highest BCUT2D eigenvalue weighted by Gasteiger charge is 2.30. The predicted molar refractivity (Wildman–Crippen MR) is 102 cm³/mol. The average Bonchev–Trinajstić information content (AvgIpc) is 3.04. The summed E-state index contributed by atoms with van der Waals surface area (Å²) in [6.07, 6.45) is 2.85. The normalized spacial score (nSPS) is 18.8. The third-order valence-electron chi connectivity index (χ3n) is 5.18. The summed E-state index contributed by atoms with van der Waals surface area (Å²) in [5, 5.41) is 18.3. The minimum absolute atomic E-state index is 0.378. The molecule has 0 radical (unpaired) electrons. The summed E-state index contributed by atoms with van der Waals surface area (Å²) in [5.74, 6) is 0.378. The number of benzene rings is 2. The first-order valence-corrected chi connectivity index (χ1v) is 8.70. The van der Waals surface area contributed by atoms with Gasteiger partial charge in [0.1, 0.15) is 0 Å². The highest BCUT2D eigenvalue weighted by Crippen LogP contribution is 2.43. The lowest BCUT2D eigenvalue weighted by Crippen LogP contribution is -2.08. The van der Waals surface area contributed by atoms with E-state index in [1.165, 1.54) is 11.1 Å². The Kier molecular flexibility index (Phi) is 3.99. The van der Waals surface area contributed by atoms with E-state index in [1.54, 1.807) is 6.07 Å². The van der Waals surface area contributed by atoms with Crippen LogP contribution in [-0.2, 0) is 0 Å². The van der Waals surface area contributed by atoms with Crippen molar-refractivity contribution in [1.82, 2.24) is 0 Å². The van der Waals surface area contributed by atoms with Crippen LogP contribution in [0.1, 0.15) is 47.4 Å². The van der Waals surface area contributed by atoms with Crippen LogP contribution in [0, 0.1) is 22.7 Å². The van der Waals surface area contributed by atoms with Crippen LogP contribution in [0.3, 0.4) is 0 Å². The van der Waals surface area contributed by atoms with Gasteiger partial charge < -0.3 is 0 Å². The van der Waals surface area contributed by atoms with Gasteiger partial charge in [-0.2, -0.15) is 10.5 Å². The molecule has 3 heteroatoms. The standard InChI is InChI=1S/C23H17N3/c1-15-21-9-8-19(18-6-2-4-16(10-18)13-24)12-22(21)26-23(15)20-7-3-5-17(11-20)14-25/h2-7,10-11,19H,1,8-9,12H2. The van der Waals surface area contributed by atoms with Crippen molar-refractivity contribution < 1.29 is 0 Å². The van der Waals surface area contributed by atoms with Crippen molar-refractivity contribution >= 4 is 5.71 Å². The van der Waals surface area contributed by atoms with Crippen LogP contribution >= 0.6 is 0 Å². The highest BCUT2D eigenvalue weighted by atomic mass is 14.8. The Morgan fingerprint density at radius 1 is 1.00 bits per heavy atom. The van der Waals surface area contributed by atoms with Crippen LogP contribution < -0.4 is 0 Å². The Balaban J connectivity index is 1.63. The maximum Gasteiger partial charge on any atom is 0.0991 e. The van der Waals surface area contributed by atoms with Gasteiger partial charge in [-0.25, -0.2) is 0 Å².